The Kier molecular flexibility index (Phi) is 7.25. The summed E-state index contributed by atoms with van der Waals surface area (Å²) in [4.78, 5) is 23.2. The van der Waals surface area contributed by atoms with E-state index in [4.69, 9.17) is 0 Å². The normalized spacial score (nSPS) is 12.2. The molecule has 0 saturated carbocycles. The maximum atomic E-state index is 13.3. The third kappa shape index (κ3) is 6.51. The predicted molar refractivity (Wildman–Crippen MR) is 108 cm³/mol. The van der Waals surface area contributed by atoms with Gasteiger partial charge in [0.15, 0.2) is 0 Å². The molecule has 156 valence electrons. The molecule has 0 aliphatic rings. The molecule has 3 N–H and O–H groups in total. The summed E-state index contributed by atoms with van der Waals surface area (Å²) in [7, 11) is 0. The van der Waals surface area contributed by atoms with Gasteiger partial charge in [0.25, 0.3) is 0 Å². The molecule has 0 unspecified atom stereocenters. The van der Waals surface area contributed by atoms with Crippen LogP contribution in [-0.4, -0.2) is 18.4 Å². The second-order valence-corrected chi connectivity index (χ2v) is 6.77. The zero-order valence-corrected chi connectivity index (χ0v) is 16.5. The van der Waals surface area contributed by atoms with E-state index in [1.165, 1.54) is 19.1 Å². The van der Waals surface area contributed by atoms with Crippen molar-refractivity contribution in [1.29, 1.82) is 0 Å². The number of hydrogen-bond acceptors (Lipinski definition) is 3. The monoisotopic (exact) mass is 407 g/mol. The fraction of sp³-hybridized carbons (Fsp3) is 0.333. The van der Waals surface area contributed by atoms with Crippen molar-refractivity contribution in [3.8, 4) is 0 Å². The van der Waals surface area contributed by atoms with Gasteiger partial charge < -0.3 is 16.0 Å². The van der Waals surface area contributed by atoms with E-state index in [1.54, 1.807) is 12.1 Å². The molecule has 2 amide bonds. The van der Waals surface area contributed by atoms with E-state index in [2.05, 4.69) is 29.8 Å². The fourth-order valence-corrected chi connectivity index (χ4v) is 2.73. The standard InChI is InChI=1S/C21H24F3N3O2/c1-4-13(2)15-5-7-16(8-6-15)27-20(29)12-25-19-10-9-17(26-14(3)28)11-18(19)21(22,23)24/h5-11,13,25H,4,12H2,1-3H3,(H,26,28)(H,27,29)/t13-/m0/s1. The molecule has 2 rings (SSSR count). The van der Waals surface area contributed by atoms with Crippen molar-refractivity contribution in [1.82, 2.24) is 0 Å². The Morgan fingerprint density at radius 1 is 1.00 bits per heavy atom. The van der Waals surface area contributed by atoms with Gasteiger partial charge in [0, 0.05) is 24.0 Å². The van der Waals surface area contributed by atoms with Gasteiger partial charge in [-0.1, -0.05) is 26.0 Å². The molecule has 0 radical (unpaired) electrons. The first kappa shape index (κ1) is 22.3. The summed E-state index contributed by atoms with van der Waals surface area (Å²) in [5.41, 5.74) is 0.545. The quantitative estimate of drug-likeness (QED) is 0.589. The topological polar surface area (TPSA) is 70.2 Å². The molecule has 0 bridgehead atoms. The molecule has 0 heterocycles. The molecule has 0 aromatic heterocycles. The summed E-state index contributed by atoms with van der Waals surface area (Å²) >= 11 is 0. The lowest BCUT2D eigenvalue weighted by Gasteiger charge is -2.16. The lowest BCUT2D eigenvalue weighted by molar-refractivity contribution is -0.137. The summed E-state index contributed by atoms with van der Waals surface area (Å²) < 4.78 is 39.9. The van der Waals surface area contributed by atoms with Crippen LogP contribution in [0.5, 0.6) is 0 Å². The van der Waals surface area contributed by atoms with Crippen LogP contribution in [0.15, 0.2) is 42.5 Å². The van der Waals surface area contributed by atoms with E-state index in [9.17, 15) is 22.8 Å². The van der Waals surface area contributed by atoms with Gasteiger partial charge in [-0.25, -0.2) is 0 Å². The molecule has 0 aliphatic heterocycles. The summed E-state index contributed by atoms with van der Waals surface area (Å²) in [5.74, 6) is -0.541. The molecule has 2 aromatic carbocycles. The number of alkyl halides is 3. The van der Waals surface area contributed by atoms with Crippen LogP contribution in [0.1, 0.15) is 44.2 Å². The Balaban J connectivity index is 2.04. The van der Waals surface area contributed by atoms with Crippen LogP contribution in [0.3, 0.4) is 0 Å². The Bertz CT molecular complexity index is 864. The molecular formula is C21H24F3N3O2. The highest BCUT2D eigenvalue weighted by Gasteiger charge is 2.34. The lowest BCUT2D eigenvalue weighted by Crippen LogP contribution is -2.23. The minimum absolute atomic E-state index is 0.0289. The van der Waals surface area contributed by atoms with Gasteiger partial charge in [-0.3, -0.25) is 9.59 Å². The van der Waals surface area contributed by atoms with Crippen LogP contribution in [0.2, 0.25) is 0 Å². The Morgan fingerprint density at radius 3 is 2.17 bits per heavy atom. The Morgan fingerprint density at radius 2 is 1.62 bits per heavy atom. The van der Waals surface area contributed by atoms with Crippen molar-refractivity contribution in [3.63, 3.8) is 0 Å². The molecule has 0 fully saturated rings. The first-order valence-corrected chi connectivity index (χ1v) is 9.22. The highest BCUT2D eigenvalue weighted by Crippen LogP contribution is 2.36. The van der Waals surface area contributed by atoms with Gasteiger partial charge in [0.1, 0.15) is 0 Å². The third-order valence-electron chi connectivity index (χ3n) is 4.46. The van der Waals surface area contributed by atoms with E-state index in [0.29, 0.717) is 11.6 Å². The molecule has 8 heteroatoms. The zero-order valence-electron chi connectivity index (χ0n) is 16.5. The van der Waals surface area contributed by atoms with E-state index < -0.39 is 23.6 Å². The van der Waals surface area contributed by atoms with Crippen molar-refractivity contribution in [2.75, 3.05) is 22.5 Å². The van der Waals surface area contributed by atoms with Crippen LogP contribution >= 0.6 is 0 Å². The first-order chi connectivity index (χ1) is 13.6. The molecule has 0 spiro atoms. The molecule has 1 atom stereocenters. The van der Waals surface area contributed by atoms with E-state index >= 15 is 0 Å². The molecular weight excluding hydrogens is 383 g/mol. The van der Waals surface area contributed by atoms with Crippen molar-refractivity contribution < 1.29 is 22.8 Å². The van der Waals surface area contributed by atoms with E-state index in [-0.39, 0.29) is 17.9 Å². The van der Waals surface area contributed by atoms with Crippen molar-refractivity contribution in [2.45, 2.75) is 39.3 Å². The van der Waals surface area contributed by atoms with Crippen molar-refractivity contribution >= 4 is 28.9 Å². The summed E-state index contributed by atoms with van der Waals surface area (Å²) in [5, 5.41) is 7.48. The van der Waals surface area contributed by atoms with E-state index in [1.807, 2.05) is 12.1 Å². The van der Waals surface area contributed by atoms with Gasteiger partial charge in [0.05, 0.1) is 12.1 Å². The minimum Gasteiger partial charge on any atom is -0.376 e. The number of amides is 2. The van der Waals surface area contributed by atoms with Gasteiger partial charge >= 0.3 is 6.18 Å². The Hall–Kier alpha value is -3.03. The molecule has 0 saturated heterocycles. The van der Waals surface area contributed by atoms with Crippen LogP contribution < -0.4 is 16.0 Å². The number of anilines is 3. The maximum absolute atomic E-state index is 13.3. The number of benzene rings is 2. The molecule has 2 aromatic rings. The maximum Gasteiger partial charge on any atom is 0.418 e. The van der Waals surface area contributed by atoms with Gasteiger partial charge in [-0.15, -0.1) is 0 Å². The van der Waals surface area contributed by atoms with Crippen LogP contribution in [0.25, 0.3) is 0 Å². The number of carbonyl (C=O) groups is 2. The van der Waals surface area contributed by atoms with Crippen LogP contribution in [-0.2, 0) is 15.8 Å². The van der Waals surface area contributed by atoms with Gasteiger partial charge in [0.2, 0.25) is 11.8 Å². The average molecular weight is 407 g/mol. The molecule has 0 aliphatic carbocycles. The Labute approximate surface area is 167 Å². The summed E-state index contributed by atoms with van der Waals surface area (Å²) in [6, 6.07) is 10.7. The number of halogens is 3. The number of nitrogens with one attached hydrogen (secondary N) is 3. The molecule has 5 nitrogen and oxygen atoms in total. The van der Waals surface area contributed by atoms with Crippen LogP contribution in [0.4, 0.5) is 30.2 Å². The van der Waals surface area contributed by atoms with E-state index in [0.717, 1.165) is 18.1 Å². The minimum atomic E-state index is -4.64. The zero-order chi connectivity index (χ0) is 21.6. The summed E-state index contributed by atoms with van der Waals surface area (Å²) in [6.45, 7) is 5.06. The third-order valence-corrected chi connectivity index (χ3v) is 4.46. The number of carbonyl (C=O) groups excluding carboxylic acids is 2. The smallest absolute Gasteiger partial charge is 0.376 e. The largest absolute Gasteiger partial charge is 0.418 e. The SMILES string of the molecule is CC[C@H](C)c1ccc(NC(=O)CNc2ccc(NC(C)=O)cc2C(F)(F)F)cc1. The van der Waals surface area contributed by atoms with Gasteiger partial charge in [-0.2, -0.15) is 13.2 Å². The second kappa shape index (κ2) is 9.45. The van der Waals surface area contributed by atoms with Crippen LogP contribution in [0, 0.1) is 0 Å². The second-order valence-electron chi connectivity index (χ2n) is 6.77. The van der Waals surface area contributed by atoms with Crippen molar-refractivity contribution in [2.24, 2.45) is 0 Å². The predicted octanol–water partition coefficient (Wildman–Crippen LogP) is 5.23. The summed E-state index contributed by atoms with van der Waals surface area (Å²) in [6.07, 6.45) is -3.64. The highest BCUT2D eigenvalue weighted by atomic mass is 19.4. The van der Waals surface area contributed by atoms with Crippen molar-refractivity contribution in [3.05, 3.63) is 53.6 Å². The number of hydrogen-bond donors (Lipinski definition) is 3. The van der Waals surface area contributed by atoms with Gasteiger partial charge in [-0.05, 0) is 48.2 Å². The highest BCUT2D eigenvalue weighted by molar-refractivity contribution is 5.94. The average Bonchev–Trinajstić information content (AvgIpc) is 2.65. The molecule has 29 heavy (non-hydrogen) atoms. The fourth-order valence-electron chi connectivity index (χ4n) is 2.73. The number of rotatable bonds is 7. The first-order valence-electron chi connectivity index (χ1n) is 9.22. The lowest BCUT2D eigenvalue weighted by atomic mass is 9.99.